The van der Waals surface area contributed by atoms with Gasteiger partial charge in [-0.2, -0.15) is 0 Å². The number of amides is 2. The molecule has 7 heteroatoms. The van der Waals surface area contributed by atoms with Gasteiger partial charge >= 0.3 is 6.03 Å². The van der Waals surface area contributed by atoms with Crippen molar-refractivity contribution >= 4 is 11.8 Å². The number of nitrogens with zero attached hydrogens (tertiary/aromatic N) is 3. The molecule has 1 aromatic heterocycles. The fraction of sp³-hybridized carbons (Fsp3) is 0.438. The van der Waals surface area contributed by atoms with E-state index in [1.165, 1.54) is 12.1 Å². The van der Waals surface area contributed by atoms with Crippen LogP contribution in [-0.2, 0) is 6.54 Å². The molecular weight excluding hydrogens is 297 g/mol. The van der Waals surface area contributed by atoms with Crippen LogP contribution < -0.4 is 10.6 Å². The van der Waals surface area contributed by atoms with Gasteiger partial charge in [0.25, 0.3) is 0 Å². The summed E-state index contributed by atoms with van der Waals surface area (Å²) in [5, 5.41) is 13.5. The number of carbonyl (C=O) groups is 1. The highest BCUT2D eigenvalue weighted by atomic mass is 19.1. The molecule has 124 valence electrons. The van der Waals surface area contributed by atoms with Crippen LogP contribution in [0.2, 0.25) is 0 Å². The molecule has 2 N–H and O–H groups in total. The fourth-order valence-electron chi connectivity index (χ4n) is 1.95. The van der Waals surface area contributed by atoms with Gasteiger partial charge in [0, 0.05) is 6.04 Å². The maximum Gasteiger partial charge on any atom is 0.320 e. The highest BCUT2D eigenvalue weighted by molar-refractivity contribution is 5.88. The average molecular weight is 319 g/mol. The van der Waals surface area contributed by atoms with Gasteiger partial charge in [-0.1, -0.05) is 31.2 Å². The summed E-state index contributed by atoms with van der Waals surface area (Å²) in [7, 11) is 0. The zero-order chi connectivity index (χ0) is 17.0. The third kappa shape index (κ3) is 4.51. The quantitative estimate of drug-likeness (QED) is 0.890. The van der Waals surface area contributed by atoms with Crippen molar-refractivity contribution in [1.29, 1.82) is 0 Å². The van der Waals surface area contributed by atoms with Crippen LogP contribution in [0.5, 0.6) is 0 Å². The van der Waals surface area contributed by atoms with Gasteiger partial charge in [0.2, 0.25) is 0 Å². The van der Waals surface area contributed by atoms with E-state index in [4.69, 9.17) is 0 Å². The lowest BCUT2D eigenvalue weighted by atomic mass is 10.1. The number of nitrogens with one attached hydrogen (secondary N) is 2. The van der Waals surface area contributed by atoms with Crippen LogP contribution in [0.3, 0.4) is 0 Å². The van der Waals surface area contributed by atoms with Crippen LogP contribution in [-0.4, -0.2) is 27.1 Å². The standard InChI is InChI=1S/C16H22FN5O/c1-10(2)11(3)18-16(23)19-15-12(4)22(21-20-15)9-13-6-5-7-14(17)8-13/h5-8,10-11H,9H2,1-4H3,(H2,18,19,23)/t11-/m1/s1. The maximum atomic E-state index is 13.2. The molecule has 2 aromatic rings. The molecule has 0 spiro atoms. The molecule has 6 nitrogen and oxygen atoms in total. The lowest BCUT2D eigenvalue weighted by molar-refractivity contribution is 0.246. The van der Waals surface area contributed by atoms with Gasteiger partial charge in [-0.05, 0) is 37.5 Å². The van der Waals surface area contributed by atoms with E-state index in [-0.39, 0.29) is 17.9 Å². The zero-order valence-corrected chi connectivity index (χ0v) is 13.8. The van der Waals surface area contributed by atoms with Crippen molar-refractivity contribution in [3.05, 3.63) is 41.3 Å². The normalized spacial score (nSPS) is 12.3. The Kier molecular flexibility index (Phi) is 5.31. The Morgan fingerprint density at radius 3 is 2.74 bits per heavy atom. The van der Waals surface area contributed by atoms with E-state index >= 15 is 0 Å². The predicted octanol–water partition coefficient (Wildman–Crippen LogP) is 2.94. The summed E-state index contributed by atoms with van der Waals surface area (Å²) in [6.45, 7) is 8.21. The molecule has 2 amide bonds. The Balaban J connectivity index is 2.03. The Morgan fingerprint density at radius 1 is 1.35 bits per heavy atom. The molecule has 1 aromatic carbocycles. The lowest BCUT2D eigenvalue weighted by Gasteiger charge is -2.17. The molecule has 0 fully saturated rings. The summed E-state index contributed by atoms with van der Waals surface area (Å²) < 4.78 is 14.8. The van der Waals surface area contributed by atoms with E-state index in [1.54, 1.807) is 17.7 Å². The molecule has 0 aliphatic carbocycles. The van der Waals surface area contributed by atoms with Gasteiger partial charge in [0.05, 0.1) is 12.2 Å². The summed E-state index contributed by atoms with van der Waals surface area (Å²) in [5.74, 6) is 0.445. The van der Waals surface area contributed by atoms with Gasteiger partial charge in [0.15, 0.2) is 5.82 Å². The molecule has 0 aliphatic rings. The van der Waals surface area contributed by atoms with Crippen molar-refractivity contribution in [2.24, 2.45) is 5.92 Å². The predicted molar refractivity (Wildman–Crippen MR) is 86.7 cm³/mol. The molecule has 1 atom stereocenters. The summed E-state index contributed by atoms with van der Waals surface area (Å²) in [6.07, 6.45) is 0. The van der Waals surface area contributed by atoms with Crippen LogP contribution in [0.1, 0.15) is 32.0 Å². The molecule has 0 bridgehead atoms. The van der Waals surface area contributed by atoms with Gasteiger partial charge in [0.1, 0.15) is 5.82 Å². The largest absolute Gasteiger partial charge is 0.335 e. The number of urea groups is 1. The molecule has 2 rings (SSSR count). The van der Waals surface area contributed by atoms with Crippen molar-refractivity contribution in [2.75, 3.05) is 5.32 Å². The minimum absolute atomic E-state index is 0.0534. The Bertz CT molecular complexity index is 683. The zero-order valence-electron chi connectivity index (χ0n) is 13.8. The summed E-state index contributed by atoms with van der Waals surface area (Å²) >= 11 is 0. The minimum atomic E-state index is -0.313. The van der Waals surface area contributed by atoms with Crippen molar-refractivity contribution in [1.82, 2.24) is 20.3 Å². The molecule has 23 heavy (non-hydrogen) atoms. The van der Waals surface area contributed by atoms with Crippen molar-refractivity contribution in [3.63, 3.8) is 0 Å². The second kappa shape index (κ2) is 7.21. The highest BCUT2D eigenvalue weighted by Crippen LogP contribution is 2.13. The van der Waals surface area contributed by atoms with Crippen LogP contribution >= 0.6 is 0 Å². The summed E-state index contributed by atoms with van der Waals surface area (Å²) in [6, 6.07) is 6.05. The van der Waals surface area contributed by atoms with E-state index in [2.05, 4.69) is 20.9 Å². The number of benzene rings is 1. The molecule has 0 radical (unpaired) electrons. The number of hydrogen-bond acceptors (Lipinski definition) is 3. The smallest absolute Gasteiger partial charge is 0.320 e. The van der Waals surface area contributed by atoms with Gasteiger partial charge in [-0.15, -0.1) is 5.10 Å². The first-order valence-corrected chi connectivity index (χ1v) is 7.59. The first kappa shape index (κ1) is 16.9. The van der Waals surface area contributed by atoms with Crippen LogP contribution in [0.15, 0.2) is 24.3 Å². The van der Waals surface area contributed by atoms with Crippen LogP contribution in [0.4, 0.5) is 15.0 Å². The van der Waals surface area contributed by atoms with Crippen molar-refractivity contribution in [2.45, 2.75) is 40.3 Å². The van der Waals surface area contributed by atoms with Gasteiger partial charge < -0.3 is 5.32 Å². The lowest BCUT2D eigenvalue weighted by Crippen LogP contribution is -2.39. The topological polar surface area (TPSA) is 71.8 Å². The number of hydrogen-bond donors (Lipinski definition) is 2. The van der Waals surface area contributed by atoms with E-state index < -0.39 is 0 Å². The Labute approximate surface area is 135 Å². The molecule has 0 saturated heterocycles. The second-order valence-electron chi connectivity index (χ2n) is 5.94. The van der Waals surface area contributed by atoms with Gasteiger partial charge in [-0.25, -0.2) is 13.9 Å². The summed E-state index contributed by atoms with van der Waals surface area (Å²) in [5.41, 5.74) is 1.49. The number of rotatable bonds is 5. The maximum absolute atomic E-state index is 13.2. The SMILES string of the molecule is Cc1c(NC(=O)N[C@H](C)C(C)C)nnn1Cc1cccc(F)c1. The third-order valence-corrected chi connectivity index (χ3v) is 3.79. The molecular formula is C16H22FN5O. The van der Waals surface area contributed by atoms with Crippen molar-refractivity contribution < 1.29 is 9.18 Å². The molecule has 0 aliphatic heterocycles. The number of aromatic nitrogens is 3. The van der Waals surface area contributed by atoms with E-state index in [9.17, 15) is 9.18 Å². The van der Waals surface area contributed by atoms with Crippen LogP contribution in [0, 0.1) is 18.7 Å². The minimum Gasteiger partial charge on any atom is -0.335 e. The van der Waals surface area contributed by atoms with E-state index in [0.29, 0.717) is 24.0 Å². The molecule has 0 unspecified atom stereocenters. The van der Waals surface area contributed by atoms with E-state index in [1.807, 2.05) is 26.8 Å². The Hall–Kier alpha value is -2.44. The van der Waals surface area contributed by atoms with Crippen LogP contribution in [0.25, 0.3) is 0 Å². The number of anilines is 1. The molecule has 0 saturated carbocycles. The van der Waals surface area contributed by atoms with E-state index in [0.717, 1.165) is 5.56 Å². The Morgan fingerprint density at radius 2 is 2.09 bits per heavy atom. The number of carbonyl (C=O) groups excluding carboxylic acids is 1. The molecule has 1 heterocycles. The van der Waals surface area contributed by atoms with Gasteiger partial charge in [-0.3, -0.25) is 5.32 Å². The van der Waals surface area contributed by atoms with Crippen molar-refractivity contribution in [3.8, 4) is 0 Å². The number of halogens is 1. The second-order valence-corrected chi connectivity index (χ2v) is 5.94. The summed E-state index contributed by atoms with van der Waals surface area (Å²) in [4.78, 5) is 11.9. The first-order valence-electron chi connectivity index (χ1n) is 7.59. The fourth-order valence-corrected chi connectivity index (χ4v) is 1.95. The third-order valence-electron chi connectivity index (χ3n) is 3.79. The highest BCUT2D eigenvalue weighted by Gasteiger charge is 2.15. The average Bonchev–Trinajstić information content (AvgIpc) is 2.80. The first-order chi connectivity index (χ1) is 10.9. The monoisotopic (exact) mass is 319 g/mol.